The van der Waals surface area contributed by atoms with Crippen LogP contribution in [0.4, 0.5) is 0 Å². The van der Waals surface area contributed by atoms with Crippen LogP contribution in [0.1, 0.15) is 29.6 Å². The number of amides is 1. The highest BCUT2D eigenvalue weighted by Gasteiger charge is 2.26. The maximum Gasteiger partial charge on any atom is 0.251 e. The second-order valence-electron chi connectivity index (χ2n) is 5.75. The standard InChI is InChI=1S/C17H20N2O2/c20-11-15-4-1-3-14(15)10-19-17(21)13-6-7-16-12(9-13)5-2-8-18-16/h2,5-9,14-15,20H,1,3-4,10-11H2,(H,19,21). The summed E-state index contributed by atoms with van der Waals surface area (Å²) in [5.74, 6) is 0.691. The van der Waals surface area contributed by atoms with Crippen molar-refractivity contribution >= 4 is 16.8 Å². The third-order valence-corrected chi connectivity index (χ3v) is 4.44. The van der Waals surface area contributed by atoms with Crippen molar-refractivity contribution < 1.29 is 9.90 Å². The molecule has 1 fully saturated rings. The molecule has 0 saturated heterocycles. The van der Waals surface area contributed by atoms with Gasteiger partial charge in [-0.2, -0.15) is 0 Å². The van der Waals surface area contributed by atoms with E-state index >= 15 is 0 Å². The lowest BCUT2D eigenvalue weighted by atomic mass is 9.97. The van der Waals surface area contributed by atoms with E-state index < -0.39 is 0 Å². The average Bonchev–Trinajstić information content (AvgIpc) is 2.99. The average molecular weight is 284 g/mol. The number of nitrogens with zero attached hydrogens (tertiary/aromatic N) is 1. The molecule has 0 aliphatic heterocycles. The van der Waals surface area contributed by atoms with Gasteiger partial charge in [-0.1, -0.05) is 12.5 Å². The molecule has 1 amide bonds. The zero-order chi connectivity index (χ0) is 14.7. The zero-order valence-electron chi connectivity index (χ0n) is 12.0. The van der Waals surface area contributed by atoms with Crippen molar-refractivity contribution in [2.45, 2.75) is 19.3 Å². The largest absolute Gasteiger partial charge is 0.396 e. The number of fused-ring (bicyclic) bond motifs is 1. The first-order chi connectivity index (χ1) is 10.3. The van der Waals surface area contributed by atoms with Gasteiger partial charge in [0.05, 0.1) is 5.52 Å². The summed E-state index contributed by atoms with van der Waals surface area (Å²) < 4.78 is 0. The lowest BCUT2D eigenvalue weighted by Crippen LogP contribution is -2.31. The SMILES string of the molecule is O=C(NCC1CCCC1CO)c1ccc2ncccc2c1. The molecule has 1 aliphatic rings. The molecule has 4 nitrogen and oxygen atoms in total. The van der Waals surface area contributed by atoms with E-state index in [0.29, 0.717) is 23.9 Å². The molecule has 2 aromatic rings. The molecule has 1 aliphatic carbocycles. The quantitative estimate of drug-likeness (QED) is 0.906. The van der Waals surface area contributed by atoms with Gasteiger partial charge < -0.3 is 10.4 Å². The molecule has 1 heterocycles. The van der Waals surface area contributed by atoms with Gasteiger partial charge in [0.25, 0.3) is 5.91 Å². The Morgan fingerprint density at radius 3 is 3.00 bits per heavy atom. The van der Waals surface area contributed by atoms with Crippen molar-refractivity contribution in [1.82, 2.24) is 10.3 Å². The highest BCUT2D eigenvalue weighted by Crippen LogP contribution is 2.30. The molecule has 2 unspecified atom stereocenters. The fourth-order valence-corrected chi connectivity index (χ4v) is 3.17. The maximum atomic E-state index is 12.2. The summed E-state index contributed by atoms with van der Waals surface area (Å²) in [4.78, 5) is 16.5. The van der Waals surface area contributed by atoms with Crippen molar-refractivity contribution in [1.29, 1.82) is 0 Å². The van der Waals surface area contributed by atoms with E-state index in [1.165, 1.54) is 0 Å². The zero-order valence-corrected chi connectivity index (χ0v) is 12.0. The third kappa shape index (κ3) is 3.05. The van der Waals surface area contributed by atoms with Gasteiger partial charge in [0.15, 0.2) is 0 Å². The van der Waals surface area contributed by atoms with E-state index in [0.717, 1.165) is 30.2 Å². The van der Waals surface area contributed by atoms with Gasteiger partial charge in [-0.25, -0.2) is 0 Å². The van der Waals surface area contributed by atoms with E-state index in [1.807, 2.05) is 30.3 Å². The Bertz CT molecular complexity index is 641. The first kappa shape index (κ1) is 14.0. The number of aliphatic hydroxyl groups is 1. The number of aromatic nitrogens is 1. The van der Waals surface area contributed by atoms with Gasteiger partial charge in [-0.05, 0) is 48.9 Å². The van der Waals surface area contributed by atoms with Gasteiger partial charge in [-0.3, -0.25) is 9.78 Å². The number of carbonyl (C=O) groups is 1. The molecule has 1 aromatic carbocycles. The Morgan fingerprint density at radius 2 is 2.14 bits per heavy atom. The number of pyridine rings is 1. The van der Waals surface area contributed by atoms with Crippen molar-refractivity contribution in [3.05, 3.63) is 42.1 Å². The molecule has 4 heteroatoms. The second-order valence-corrected chi connectivity index (χ2v) is 5.75. The van der Waals surface area contributed by atoms with E-state index in [4.69, 9.17) is 0 Å². The van der Waals surface area contributed by atoms with Crippen LogP contribution in [0.5, 0.6) is 0 Å². The summed E-state index contributed by atoms with van der Waals surface area (Å²) >= 11 is 0. The molecule has 0 radical (unpaired) electrons. The van der Waals surface area contributed by atoms with Crippen molar-refractivity contribution in [3.63, 3.8) is 0 Å². The Morgan fingerprint density at radius 1 is 1.29 bits per heavy atom. The Hall–Kier alpha value is -1.94. The molecule has 1 aromatic heterocycles. The van der Waals surface area contributed by atoms with E-state index in [-0.39, 0.29) is 12.5 Å². The van der Waals surface area contributed by atoms with E-state index in [2.05, 4.69) is 10.3 Å². The van der Waals surface area contributed by atoms with Crippen LogP contribution in [0, 0.1) is 11.8 Å². The highest BCUT2D eigenvalue weighted by atomic mass is 16.3. The minimum absolute atomic E-state index is 0.0515. The van der Waals surface area contributed by atoms with E-state index in [1.54, 1.807) is 6.20 Å². The molecule has 110 valence electrons. The maximum absolute atomic E-state index is 12.2. The van der Waals surface area contributed by atoms with Crippen molar-refractivity contribution in [2.24, 2.45) is 11.8 Å². The summed E-state index contributed by atoms with van der Waals surface area (Å²) in [6, 6.07) is 9.38. The van der Waals surface area contributed by atoms with E-state index in [9.17, 15) is 9.90 Å². The number of carbonyl (C=O) groups excluding carboxylic acids is 1. The normalized spacial score (nSPS) is 21.6. The number of benzene rings is 1. The summed E-state index contributed by atoms with van der Waals surface area (Å²) in [5.41, 5.74) is 1.55. The smallest absolute Gasteiger partial charge is 0.251 e. The van der Waals surface area contributed by atoms with Gasteiger partial charge in [0.1, 0.15) is 0 Å². The number of rotatable bonds is 4. The minimum Gasteiger partial charge on any atom is -0.396 e. The molecule has 2 atom stereocenters. The molecule has 2 N–H and O–H groups in total. The van der Waals surface area contributed by atoms with Crippen molar-refractivity contribution in [3.8, 4) is 0 Å². The molecular formula is C17H20N2O2. The minimum atomic E-state index is -0.0515. The Kier molecular flexibility index (Phi) is 4.15. The monoisotopic (exact) mass is 284 g/mol. The van der Waals surface area contributed by atoms with Gasteiger partial charge >= 0.3 is 0 Å². The summed E-state index contributed by atoms with van der Waals surface area (Å²) in [7, 11) is 0. The van der Waals surface area contributed by atoms with Crippen LogP contribution >= 0.6 is 0 Å². The van der Waals surface area contributed by atoms with Crippen LogP contribution in [0.25, 0.3) is 10.9 Å². The van der Waals surface area contributed by atoms with Gasteiger partial charge in [-0.15, -0.1) is 0 Å². The summed E-state index contributed by atoms with van der Waals surface area (Å²) in [6.07, 6.45) is 5.05. The van der Waals surface area contributed by atoms with Gasteiger partial charge in [0.2, 0.25) is 0 Å². The highest BCUT2D eigenvalue weighted by molar-refractivity contribution is 5.97. The molecule has 3 rings (SSSR count). The van der Waals surface area contributed by atoms with Crippen molar-refractivity contribution in [2.75, 3.05) is 13.2 Å². The lowest BCUT2D eigenvalue weighted by Gasteiger charge is -2.17. The predicted octanol–water partition coefficient (Wildman–Crippen LogP) is 2.37. The van der Waals surface area contributed by atoms with Crippen LogP contribution in [-0.4, -0.2) is 29.1 Å². The number of hydrogen-bond acceptors (Lipinski definition) is 3. The van der Waals surface area contributed by atoms with Crippen LogP contribution in [-0.2, 0) is 0 Å². The summed E-state index contributed by atoms with van der Waals surface area (Å²) in [5, 5.41) is 13.3. The van der Waals surface area contributed by atoms with Crippen LogP contribution in [0.15, 0.2) is 36.5 Å². The lowest BCUT2D eigenvalue weighted by molar-refractivity contribution is 0.0938. The predicted molar refractivity (Wildman–Crippen MR) is 82.0 cm³/mol. The second kappa shape index (κ2) is 6.22. The molecule has 0 spiro atoms. The first-order valence-corrected chi connectivity index (χ1v) is 7.52. The first-order valence-electron chi connectivity index (χ1n) is 7.52. The van der Waals surface area contributed by atoms with Gasteiger partial charge in [0, 0.05) is 30.3 Å². The Labute approximate surface area is 124 Å². The molecule has 21 heavy (non-hydrogen) atoms. The summed E-state index contributed by atoms with van der Waals surface area (Å²) in [6.45, 7) is 0.872. The Balaban J connectivity index is 1.66. The fraction of sp³-hybridized carbons (Fsp3) is 0.412. The molecule has 0 bridgehead atoms. The number of hydrogen-bond donors (Lipinski definition) is 2. The topological polar surface area (TPSA) is 62.2 Å². The number of aliphatic hydroxyl groups excluding tert-OH is 1. The van der Waals surface area contributed by atoms with Crippen LogP contribution < -0.4 is 5.32 Å². The van der Waals surface area contributed by atoms with Crippen LogP contribution in [0.3, 0.4) is 0 Å². The molecule has 1 saturated carbocycles. The van der Waals surface area contributed by atoms with Crippen LogP contribution in [0.2, 0.25) is 0 Å². The number of nitrogens with one attached hydrogen (secondary N) is 1. The third-order valence-electron chi connectivity index (χ3n) is 4.44. The fourth-order valence-electron chi connectivity index (χ4n) is 3.17. The molecular weight excluding hydrogens is 264 g/mol.